The lowest BCUT2D eigenvalue weighted by Crippen LogP contribution is -2.53. The highest BCUT2D eigenvalue weighted by molar-refractivity contribution is 5.68. The highest BCUT2D eigenvalue weighted by Crippen LogP contribution is 2.33. The number of carbonyl (C=O) groups is 1. The minimum Gasteiger partial charge on any atom is -0.444 e. The largest absolute Gasteiger partial charge is 0.444 e. The van der Waals surface area contributed by atoms with Crippen LogP contribution in [0.4, 0.5) is 13.6 Å². The molecule has 0 saturated heterocycles. The molecule has 27 heavy (non-hydrogen) atoms. The van der Waals surface area contributed by atoms with Gasteiger partial charge in [-0.2, -0.15) is 0 Å². The van der Waals surface area contributed by atoms with Gasteiger partial charge in [0.05, 0.1) is 6.61 Å². The fraction of sp³-hybridized carbons (Fsp3) is 0.632. The summed E-state index contributed by atoms with van der Waals surface area (Å²) in [6, 6.07) is 7.74. The smallest absolute Gasteiger partial charge is 0.407 e. The standard InChI is InChI=1S/C19H28F2N2O4/c1-18(2,3)27-17(25)23-15-9-14(10-19(20,21)11-15)22-16(24)26-12-13-7-5-4-6-8-13/h4-8,14-16,22,24H,9-12H2,1-3H3,(H,23,25)/t14-,15+,16?/m0/s1. The van der Waals surface area contributed by atoms with E-state index >= 15 is 0 Å². The van der Waals surface area contributed by atoms with E-state index in [1.807, 2.05) is 30.3 Å². The van der Waals surface area contributed by atoms with Crippen molar-refractivity contribution in [2.75, 3.05) is 0 Å². The van der Waals surface area contributed by atoms with Crippen LogP contribution in [-0.2, 0) is 16.1 Å². The van der Waals surface area contributed by atoms with E-state index in [1.54, 1.807) is 20.8 Å². The lowest BCUT2D eigenvalue weighted by molar-refractivity contribution is -0.145. The lowest BCUT2D eigenvalue weighted by Gasteiger charge is -2.36. The maximum absolute atomic E-state index is 14.0. The van der Waals surface area contributed by atoms with Gasteiger partial charge in [0, 0.05) is 24.9 Å². The van der Waals surface area contributed by atoms with Gasteiger partial charge in [0.1, 0.15) is 5.60 Å². The number of aliphatic hydroxyl groups is 1. The number of halogens is 2. The molecule has 3 atom stereocenters. The third-order valence-corrected chi connectivity index (χ3v) is 4.01. The van der Waals surface area contributed by atoms with Crippen LogP contribution in [0.5, 0.6) is 0 Å². The van der Waals surface area contributed by atoms with Crippen molar-refractivity contribution in [3.05, 3.63) is 35.9 Å². The highest BCUT2D eigenvalue weighted by atomic mass is 19.3. The first-order valence-corrected chi connectivity index (χ1v) is 8.99. The Hall–Kier alpha value is -1.77. The fourth-order valence-corrected chi connectivity index (χ4v) is 3.02. The topological polar surface area (TPSA) is 79.8 Å². The molecule has 0 aromatic heterocycles. The monoisotopic (exact) mass is 386 g/mol. The molecule has 6 nitrogen and oxygen atoms in total. The van der Waals surface area contributed by atoms with Crippen molar-refractivity contribution in [3.8, 4) is 0 Å². The number of aliphatic hydroxyl groups excluding tert-OH is 1. The molecule has 1 aliphatic carbocycles. The Labute approximate surface area is 158 Å². The number of alkyl carbamates (subject to hydrolysis) is 1. The molecular weight excluding hydrogens is 358 g/mol. The summed E-state index contributed by atoms with van der Waals surface area (Å²) >= 11 is 0. The third-order valence-electron chi connectivity index (χ3n) is 4.01. The van der Waals surface area contributed by atoms with Crippen LogP contribution in [0, 0.1) is 0 Å². The van der Waals surface area contributed by atoms with Crippen molar-refractivity contribution >= 4 is 6.09 Å². The summed E-state index contributed by atoms with van der Waals surface area (Å²) < 4.78 is 38.5. The van der Waals surface area contributed by atoms with Crippen LogP contribution in [0.25, 0.3) is 0 Å². The van der Waals surface area contributed by atoms with Gasteiger partial charge < -0.3 is 19.9 Å². The molecule has 1 aromatic rings. The summed E-state index contributed by atoms with van der Waals surface area (Å²) in [4.78, 5) is 11.9. The maximum Gasteiger partial charge on any atom is 0.407 e. The van der Waals surface area contributed by atoms with Gasteiger partial charge in [-0.05, 0) is 32.8 Å². The number of alkyl halides is 2. The van der Waals surface area contributed by atoms with E-state index in [2.05, 4.69) is 10.6 Å². The highest BCUT2D eigenvalue weighted by Gasteiger charge is 2.42. The summed E-state index contributed by atoms with van der Waals surface area (Å²) in [5.41, 5.74) is 0.150. The quantitative estimate of drug-likeness (QED) is 0.655. The minimum atomic E-state index is -2.96. The second kappa shape index (κ2) is 8.95. The summed E-state index contributed by atoms with van der Waals surface area (Å²) in [5, 5.41) is 15.1. The number of benzene rings is 1. The van der Waals surface area contributed by atoms with Crippen LogP contribution in [-0.4, -0.2) is 41.2 Å². The van der Waals surface area contributed by atoms with E-state index in [9.17, 15) is 18.7 Å². The molecule has 0 radical (unpaired) electrons. The Morgan fingerprint density at radius 3 is 2.52 bits per heavy atom. The third kappa shape index (κ3) is 8.19. The molecule has 8 heteroatoms. The van der Waals surface area contributed by atoms with Crippen molar-refractivity contribution < 1.29 is 28.2 Å². The molecule has 1 fully saturated rings. The summed E-state index contributed by atoms with van der Waals surface area (Å²) in [6.45, 7) is 5.25. The molecular formula is C19H28F2N2O4. The van der Waals surface area contributed by atoms with E-state index in [0.717, 1.165) is 5.56 Å². The Kier molecular flexibility index (Phi) is 7.13. The van der Waals surface area contributed by atoms with E-state index in [4.69, 9.17) is 9.47 Å². The molecule has 1 amide bonds. The van der Waals surface area contributed by atoms with Gasteiger partial charge in [-0.15, -0.1) is 0 Å². The average molecular weight is 386 g/mol. The predicted octanol–water partition coefficient (Wildman–Crippen LogP) is 3.15. The first kappa shape index (κ1) is 21.5. The molecule has 1 saturated carbocycles. The summed E-state index contributed by atoms with van der Waals surface area (Å²) in [5.74, 6) is -2.96. The van der Waals surface area contributed by atoms with Gasteiger partial charge in [0.25, 0.3) is 5.92 Å². The van der Waals surface area contributed by atoms with Gasteiger partial charge >= 0.3 is 6.09 Å². The van der Waals surface area contributed by atoms with Crippen LogP contribution < -0.4 is 10.6 Å². The Morgan fingerprint density at radius 2 is 1.89 bits per heavy atom. The van der Waals surface area contributed by atoms with Crippen molar-refractivity contribution in [2.45, 2.75) is 76.7 Å². The van der Waals surface area contributed by atoms with E-state index in [-0.39, 0.29) is 13.0 Å². The molecule has 1 unspecified atom stereocenters. The van der Waals surface area contributed by atoms with E-state index in [1.165, 1.54) is 0 Å². The number of rotatable bonds is 6. The Morgan fingerprint density at radius 1 is 1.26 bits per heavy atom. The first-order chi connectivity index (χ1) is 12.5. The van der Waals surface area contributed by atoms with Crippen molar-refractivity contribution in [1.29, 1.82) is 0 Å². The lowest BCUT2D eigenvalue weighted by atomic mass is 9.88. The summed E-state index contributed by atoms with van der Waals surface area (Å²) in [6.07, 6.45) is -2.78. The molecule has 2 rings (SSSR count). The van der Waals surface area contributed by atoms with Crippen molar-refractivity contribution in [3.63, 3.8) is 0 Å². The molecule has 1 aromatic carbocycles. The number of hydrogen-bond acceptors (Lipinski definition) is 5. The molecule has 1 aliphatic rings. The van der Waals surface area contributed by atoms with Crippen LogP contribution in [0.2, 0.25) is 0 Å². The molecule has 0 aliphatic heterocycles. The van der Waals surface area contributed by atoms with Gasteiger partial charge in [-0.1, -0.05) is 30.3 Å². The second-order valence-electron chi connectivity index (χ2n) is 7.86. The predicted molar refractivity (Wildman–Crippen MR) is 96.1 cm³/mol. The minimum absolute atomic E-state index is 0.151. The Balaban J connectivity index is 1.85. The number of amides is 1. The van der Waals surface area contributed by atoms with Crippen LogP contribution >= 0.6 is 0 Å². The zero-order valence-corrected chi connectivity index (χ0v) is 15.9. The SMILES string of the molecule is CC(C)(C)OC(=O)N[C@@H]1C[C@H](NC(O)OCc2ccccc2)CC(F)(F)C1. The maximum atomic E-state index is 14.0. The van der Waals surface area contributed by atoms with Gasteiger partial charge in [-0.25, -0.2) is 13.6 Å². The molecule has 0 heterocycles. The number of carbonyl (C=O) groups excluding carboxylic acids is 1. The van der Waals surface area contributed by atoms with Crippen LogP contribution in [0.15, 0.2) is 30.3 Å². The molecule has 152 valence electrons. The molecule has 3 N–H and O–H groups in total. The van der Waals surface area contributed by atoms with Crippen LogP contribution in [0.3, 0.4) is 0 Å². The zero-order chi connectivity index (χ0) is 20.1. The molecule has 0 bridgehead atoms. The van der Waals surface area contributed by atoms with Crippen molar-refractivity contribution in [1.82, 2.24) is 10.6 Å². The fourth-order valence-electron chi connectivity index (χ4n) is 3.02. The zero-order valence-electron chi connectivity index (χ0n) is 15.9. The normalized spacial score (nSPS) is 23.5. The Bertz CT molecular complexity index is 607. The number of nitrogens with one attached hydrogen (secondary N) is 2. The van der Waals surface area contributed by atoms with Crippen LogP contribution in [0.1, 0.15) is 45.6 Å². The second-order valence-corrected chi connectivity index (χ2v) is 7.86. The number of hydrogen-bond donors (Lipinski definition) is 3. The summed E-state index contributed by atoms with van der Waals surface area (Å²) in [7, 11) is 0. The number of ether oxygens (including phenoxy) is 2. The van der Waals surface area contributed by atoms with E-state index < -0.39 is 49.0 Å². The first-order valence-electron chi connectivity index (χ1n) is 8.99. The van der Waals surface area contributed by atoms with E-state index in [0.29, 0.717) is 0 Å². The van der Waals surface area contributed by atoms with Gasteiger partial charge in [0.15, 0.2) is 0 Å². The molecule has 0 spiro atoms. The van der Waals surface area contributed by atoms with Crippen molar-refractivity contribution in [2.24, 2.45) is 0 Å². The average Bonchev–Trinajstić information content (AvgIpc) is 2.50. The van der Waals surface area contributed by atoms with Gasteiger partial charge in [-0.3, -0.25) is 5.32 Å². The van der Waals surface area contributed by atoms with Gasteiger partial charge in [0.2, 0.25) is 6.41 Å².